The summed E-state index contributed by atoms with van der Waals surface area (Å²) in [6, 6.07) is 13.4. The Labute approximate surface area is 163 Å². The molecule has 0 aliphatic carbocycles. The van der Waals surface area contributed by atoms with Crippen LogP contribution in [0, 0.1) is 0 Å². The van der Waals surface area contributed by atoms with Crippen LogP contribution in [0.25, 0.3) is 11.0 Å². The minimum absolute atomic E-state index is 0.0759. The number of anilines is 2. The summed E-state index contributed by atoms with van der Waals surface area (Å²) < 4.78 is 3.25. The second-order valence-electron chi connectivity index (χ2n) is 7.25. The monoisotopic (exact) mass is 379 g/mol. The van der Waals surface area contributed by atoms with Gasteiger partial charge in [0.15, 0.2) is 0 Å². The van der Waals surface area contributed by atoms with Gasteiger partial charge < -0.3 is 15.5 Å². The lowest BCUT2D eigenvalue weighted by molar-refractivity contribution is 0.251. The Bertz CT molecular complexity index is 1060. The van der Waals surface area contributed by atoms with Gasteiger partial charge in [-0.05, 0) is 30.5 Å². The second kappa shape index (κ2) is 7.42. The third-order valence-electron chi connectivity index (χ3n) is 5.38. The molecule has 28 heavy (non-hydrogen) atoms. The molecule has 0 saturated carbocycles. The first kappa shape index (κ1) is 18.2. The average molecular weight is 379 g/mol. The van der Waals surface area contributed by atoms with Crippen LogP contribution in [0.4, 0.5) is 16.2 Å². The fourth-order valence-electron chi connectivity index (χ4n) is 3.80. The molecule has 0 atom stereocenters. The number of urea groups is 1. The van der Waals surface area contributed by atoms with Crippen molar-refractivity contribution in [3.05, 3.63) is 58.5 Å². The maximum Gasteiger partial charge on any atom is 0.328 e. The van der Waals surface area contributed by atoms with E-state index in [1.165, 1.54) is 0 Å². The van der Waals surface area contributed by atoms with Crippen LogP contribution < -0.4 is 21.2 Å². The van der Waals surface area contributed by atoms with Crippen molar-refractivity contribution in [3.8, 4) is 0 Å². The van der Waals surface area contributed by atoms with E-state index < -0.39 is 0 Å². The SMILES string of the molecule is Cn1c(=O)n(C)c2cc(N3CCCC3)c(NC(=O)NCc3ccccc3)cc21. The van der Waals surface area contributed by atoms with Crippen LogP contribution in [0.3, 0.4) is 0 Å². The predicted molar refractivity (Wildman–Crippen MR) is 112 cm³/mol. The van der Waals surface area contributed by atoms with Gasteiger partial charge in [0.25, 0.3) is 0 Å². The molecule has 146 valence electrons. The van der Waals surface area contributed by atoms with Crippen molar-refractivity contribution in [2.24, 2.45) is 14.1 Å². The Balaban J connectivity index is 1.64. The maximum atomic E-state index is 12.5. The first-order valence-corrected chi connectivity index (χ1v) is 9.58. The maximum absolute atomic E-state index is 12.5. The molecule has 2 heterocycles. The van der Waals surface area contributed by atoms with Crippen LogP contribution in [0.15, 0.2) is 47.3 Å². The van der Waals surface area contributed by atoms with Crippen LogP contribution in [-0.4, -0.2) is 28.3 Å². The van der Waals surface area contributed by atoms with Crippen molar-refractivity contribution in [1.82, 2.24) is 14.5 Å². The molecule has 3 aromatic rings. The fourth-order valence-corrected chi connectivity index (χ4v) is 3.80. The van der Waals surface area contributed by atoms with E-state index in [2.05, 4.69) is 15.5 Å². The molecule has 7 nitrogen and oxygen atoms in total. The van der Waals surface area contributed by atoms with Gasteiger partial charge in [-0.15, -0.1) is 0 Å². The number of hydrogen-bond donors (Lipinski definition) is 2. The van der Waals surface area contributed by atoms with E-state index in [9.17, 15) is 9.59 Å². The van der Waals surface area contributed by atoms with E-state index >= 15 is 0 Å². The number of imidazole rings is 1. The number of nitrogens with zero attached hydrogens (tertiary/aromatic N) is 3. The smallest absolute Gasteiger partial charge is 0.328 e. The normalized spacial score (nSPS) is 13.9. The lowest BCUT2D eigenvalue weighted by Gasteiger charge is -2.22. The summed E-state index contributed by atoms with van der Waals surface area (Å²) in [7, 11) is 3.53. The van der Waals surface area contributed by atoms with E-state index in [0.29, 0.717) is 6.54 Å². The number of benzene rings is 2. The number of rotatable bonds is 4. The zero-order chi connectivity index (χ0) is 19.7. The van der Waals surface area contributed by atoms with Crippen LogP contribution in [0.5, 0.6) is 0 Å². The van der Waals surface area contributed by atoms with Crippen LogP contribution in [-0.2, 0) is 20.6 Å². The predicted octanol–water partition coefficient (Wildman–Crippen LogP) is 2.80. The highest BCUT2D eigenvalue weighted by Crippen LogP contribution is 2.33. The minimum Gasteiger partial charge on any atom is -0.370 e. The van der Waals surface area contributed by atoms with Gasteiger partial charge in [-0.25, -0.2) is 9.59 Å². The van der Waals surface area contributed by atoms with Gasteiger partial charge in [0.2, 0.25) is 0 Å². The Hall–Kier alpha value is -3.22. The molecule has 4 rings (SSSR count). The van der Waals surface area contributed by atoms with E-state index in [4.69, 9.17) is 0 Å². The summed E-state index contributed by atoms with van der Waals surface area (Å²) in [6.45, 7) is 2.36. The Morgan fingerprint density at radius 2 is 1.64 bits per heavy atom. The first-order valence-electron chi connectivity index (χ1n) is 9.58. The van der Waals surface area contributed by atoms with Crippen LogP contribution >= 0.6 is 0 Å². The van der Waals surface area contributed by atoms with Crippen LogP contribution in [0.1, 0.15) is 18.4 Å². The van der Waals surface area contributed by atoms with Gasteiger partial charge in [0, 0.05) is 33.7 Å². The number of carbonyl (C=O) groups excluding carboxylic acids is 1. The third kappa shape index (κ3) is 3.35. The third-order valence-corrected chi connectivity index (χ3v) is 5.38. The highest BCUT2D eigenvalue weighted by atomic mass is 16.2. The second-order valence-corrected chi connectivity index (χ2v) is 7.25. The van der Waals surface area contributed by atoms with Crippen molar-refractivity contribution < 1.29 is 4.79 Å². The van der Waals surface area contributed by atoms with Gasteiger partial charge in [-0.3, -0.25) is 9.13 Å². The van der Waals surface area contributed by atoms with Crippen molar-refractivity contribution >= 4 is 28.4 Å². The molecule has 0 spiro atoms. The molecule has 7 heteroatoms. The Kier molecular flexibility index (Phi) is 4.81. The largest absolute Gasteiger partial charge is 0.370 e. The summed E-state index contributed by atoms with van der Waals surface area (Å²) in [5.41, 5.74) is 4.31. The molecule has 1 aliphatic rings. The Morgan fingerprint density at radius 1 is 1.00 bits per heavy atom. The van der Waals surface area contributed by atoms with Gasteiger partial charge in [0.05, 0.1) is 22.4 Å². The minimum atomic E-state index is -0.260. The molecule has 0 unspecified atom stereocenters. The van der Waals surface area contributed by atoms with Crippen molar-refractivity contribution in [2.45, 2.75) is 19.4 Å². The quantitative estimate of drug-likeness (QED) is 0.732. The first-order chi connectivity index (χ1) is 13.5. The molecule has 1 aliphatic heterocycles. The molecule has 2 N–H and O–H groups in total. The molecule has 2 aromatic carbocycles. The van der Waals surface area contributed by atoms with E-state index in [-0.39, 0.29) is 11.7 Å². The molecule has 2 amide bonds. The van der Waals surface area contributed by atoms with Gasteiger partial charge in [-0.1, -0.05) is 30.3 Å². The number of fused-ring (bicyclic) bond motifs is 1. The number of amides is 2. The molecule has 1 aromatic heterocycles. The summed E-state index contributed by atoms with van der Waals surface area (Å²) >= 11 is 0. The van der Waals surface area contributed by atoms with Gasteiger partial charge >= 0.3 is 11.7 Å². The fraction of sp³-hybridized carbons (Fsp3) is 0.333. The van der Waals surface area contributed by atoms with Crippen molar-refractivity contribution in [3.63, 3.8) is 0 Å². The van der Waals surface area contributed by atoms with E-state index in [1.54, 1.807) is 23.2 Å². The lowest BCUT2D eigenvalue weighted by atomic mass is 10.2. The number of carbonyl (C=O) groups is 1. The van der Waals surface area contributed by atoms with E-state index in [0.717, 1.165) is 53.9 Å². The molecular weight excluding hydrogens is 354 g/mol. The highest BCUT2D eigenvalue weighted by molar-refractivity contribution is 5.98. The number of aromatic nitrogens is 2. The number of aryl methyl sites for hydroxylation is 2. The zero-order valence-electron chi connectivity index (χ0n) is 16.2. The Morgan fingerprint density at radius 3 is 2.32 bits per heavy atom. The van der Waals surface area contributed by atoms with Gasteiger partial charge in [0.1, 0.15) is 0 Å². The van der Waals surface area contributed by atoms with Crippen molar-refractivity contribution in [2.75, 3.05) is 23.3 Å². The number of hydrogen-bond acceptors (Lipinski definition) is 3. The van der Waals surface area contributed by atoms with E-state index in [1.807, 2.05) is 42.5 Å². The summed E-state index contributed by atoms with van der Waals surface area (Å²) in [5.74, 6) is 0. The summed E-state index contributed by atoms with van der Waals surface area (Å²) in [6.07, 6.45) is 2.26. The summed E-state index contributed by atoms with van der Waals surface area (Å²) in [5, 5.41) is 5.89. The standard InChI is InChI=1S/C21H25N5O2/c1-24-18-12-16(23-20(27)22-14-15-8-4-3-5-9-15)17(26-10-6-7-11-26)13-19(18)25(2)21(24)28/h3-5,8-9,12-13H,6-7,10-11,14H2,1-2H3,(H2,22,23,27). The molecular formula is C21H25N5O2. The topological polar surface area (TPSA) is 71.3 Å². The average Bonchev–Trinajstić information content (AvgIpc) is 3.31. The highest BCUT2D eigenvalue weighted by Gasteiger charge is 2.20. The zero-order valence-corrected chi connectivity index (χ0v) is 16.2. The lowest BCUT2D eigenvalue weighted by Crippen LogP contribution is -2.29. The molecule has 1 fully saturated rings. The van der Waals surface area contributed by atoms with Gasteiger partial charge in [-0.2, -0.15) is 0 Å². The summed E-state index contributed by atoms with van der Waals surface area (Å²) in [4.78, 5) is 27.1. The molecule has 0 radical (unpaired) electrons. The van der Waals surface area contributed by atoms with Crippen molar-refractivity contribution in [1.29, 1.82) is 0 Å². The number of nitrogens with one attached hydrogen (secondary N) is 2. The molecule has 0 bridgehead atoms. The van der Waals surface area contributed by atoms with Crippen LogP contribution in [0.2, 0.25) is 0 Å². The molecule has 1 saturated heterocycles.